The summed E-state index contributed by atoms with van der Waals surface area (Å²) in [6.07, 6.45) is 2.91. The molecule has 0 heterocycles. The molecule has 0 bridgehead atoms. The molecule has 0 amide bonds. The van der Waals surface area contributed by atoms with Gasteiger partial charge in [0.15, 0.2) is 0 Å². The van der Waals surface area contributed by atoms with Gasteiger partial charge in [-0.25, -0.2) is 4.79 Å². The highest BCUT2D eigenvalue weighted by Gasteiger charge is 1.98. The summed E-state index contributed by atoms with van der Waals surface area (Å²) >= 11 is -2.24. The lowest BCUT2D eigenvalue weighted by Crippen LogP contribution is -2.10. The van der Waals surface area contributed by atoms with Crippen molar-refractivity contribution in [3.8, 4) is 5.75 Å². The smallest absolute Gasteiger partial charge is 0.330 e. The second kappa shape index (κ2) is 7.62. The van der Waals surface area contributed by atoms with Crippen LogP contribution < -0.4 is 4.74 Å². The van der Waals surface area contributed by atoms with Gasteiger partial charge in [-0.2, -0.15) is 0 Å². The minimum absolute atomic E-state index is 0.137. The molecule has 0 radical (unpaired) electrons. The zero-order valence-electron chi connectivity index (χ0n) is 9.83. The minimum atomic E-state index is -2.24. The molecule has 0 N–H and O–H groups in total. The van der Waals surface area contributed by atoms with Gasteiger partial charge in [0, 0.05) is 11.0 Å². The number of benzene rings is 1. The molecule has 0 saturated carbocycles. The summed E-state index contributed by atoms with van der Waals surface area (Å²) in [6, 6.07) is 5.95. The molecule has 0 aliphatic carbocycles. The molecule has 1 unspecified atom stereocenters. The standard InChI is InChI=1S/C12H14O5S/c1-2-3-12(13)17-9-8-16-10-4-6-11(7-5-10)18(14)15/h2-7H,8-9H2,1H3,(H,14,15)/p-1. The number of allylic oxidation sites excluding steroid dienone is 1. The van der Waals surface area contributed by atoms with Crippen LogP contribution in [0.1, 0.15) is 6.92 Å². The monoisotopic (exact) mass is 269 g/mol. The quantitative estimate of drug-likeness (QED) is 0.338. The van der Waals surface area contributed by atoms with E-state index in [1.165, 1.54) is 18.2 Å². The van der Waals surface area contributed by atoms with Crippen LogP contribution in [0.5, 0.6) is 5.75 Å². The first kappa shape index (κ1) is 14.4. The van der Waals surface area contributed by atoms with E-state index in [-0.39, 0.29) is 18.1 Å². The number of carbonyl (C=O) groups is 1. The second-order valence-electron chi connectivity index (χ2n) is 3.22. The van der Waals surface area contributed by atoms with Gasteiger partial charge < -0.3 is 14.0 Å². The van der Waals surface area contributed by atoms with Crippen molar-refractivity contribution < 1.29 is 23.0 Å². The summed E-state index contributed by atoms with van der Waals surface area (Å²) in [6.45, 7) is 2.07. The van der Waals surface area contributed by atoms with Crippen LogP contribution in [0.3, 0.4) is 0 Å². The van der Waals surface area contributed by atoms with Gasteiger partial charge in [0.2, 0.25) is 0 Å². The average Bonchev–Trinajstić information content (AvgIpc) is 2.35. The fourth-order valence-electron chi connectivity index (χ4n) is 1.13. The predicted molar refractivity (Wildman–Crippen MR) is 64.9 cm³/mol. The topological polar surface area (TPSA) is 75.7 Å². The Labute approximate surface area is 108 Å². The van der Waals surface area contributed by atoms with Crippen molar-refractivity contribution in [2.75, 3.05) is 13.2 Å². The largest absolute Gasteiger partial charge is 0.768 e. The molecular weight excluding hydrogens is 256 g/mol. The number of ether oxygens (including phenoxy) is 2. The van der Waals surface area contributed by atoms with E-state index in [1.807, 2.05) is 0 Å². The molecule has 1 atom stereocenters. The van der Waals surface area contributed by atoms with Crippen LogP contribution in [0, 0.1) is 0 Å². The van der Waals surface area contributed by atoms with E-state index in [1.54, 1.807) is 25.1 Å². The Hall–Kier alpha value is -1.66. The third-order valence-corrected chi connectivity index (χ3v) is 2.57. The maximum atomic E-state index is 10.9. The Morgan fingerprint density at radius 3 is 2.56 bits per heavy atom. The van der Waals surface area contributed by atoms with E-state index in [0.29, 0.717) is 5.75 Å². The molecule has 0 aromatic heterocycles. The SMILES string of the molecule is CC=CC(=O)OCCOc1ccc(S(=O)[O-])cc1. The number of hydrogen-bond donors (Lipinski definition) is 0. The summed E-state index contributed by atoms with van der Waals surface area (Å²) in [5.41, 5.74) is 0. The van der Waals surface area contributed by atoms with Crippen molar-refractivity contribution in [1.82, 2.24) is 0 Å². The summed E-state index contributed by atoms with van der Waals surface area (Å²) in [5, 5.41) is 0. The van der Waals surface area contributed by atoms with Crippen molar-refractivity contribution in [3.63, 3.8) is 0 Å². The zero-order chi connectivity index (χ0) is 13.4. The van der Waals surface area contributed by atoms with Crippen LogP contribution >= 0.6 is 0 Å². The Morgan fingerprint density at radius 2 is 2.00 bits per heavy atom. The Morgan fingerprint density at radius 1 is 1.33 bits per heavy atom. The van der Waals surface area contributed by atoms with E-state index in [4.69, 9.17) is 9.47 Å². The molecule has 18 heavy (non-hydrogen) atoms. The lowest BCUT2D eigenvalue weighted by molar-refractivity contribution is -0.138. The number of carbonyl (C=O) groups excluding carboxylic acids is 1. The highest BCUT2D eigenvalue weighted by molar-refractivity contribution is 7.79. The van der Waals surface area contributed by atoms with E-state index in [0.717, 1.165) is 0 Å². The highest BCUT2D eigenvalue weighted by atomic mass is 32.2. The van der Waals surface area contributed by atoms with E-state index >= 15 is 0 Å². The number of hydrogen-bond acceptors (Lipinski definition) is 5. The molecule has 1 aromatic carbocycles. The van der Waals surface area contributed by atoms with Gasteiger partial charge in [0.05, 0.1) is 0 Å². The summed E-state index contributed by atoms with van der Waals surface area (Å²) in [7, 11) is 0. The fraction of sp³-hybridized carbons (Fsp3) is 0.250. The molecular formula is C12H13O5S-. The third-order valence-electron chi connectivity index (χ3n) is 1.92. The Bertz CT molecular complexity index is 438. The maximum Gasteiger partial charge on any atom is 0.330 e. The van der Waals surface area contributed by atoms with Crippen molar-refractivity contribution in [2.24, 2.45) is 0 Å². The summed E-state index contributed by atoms with van der Waals surface area (Å²) < 4.78 is 31.3. The molecule has 6 heteroatoms. The van der Waals surface area contributed by atoms with Gasteiger partial charge in [-0.15, -0.1) is 0 Å². The van der Waals surface area contributed by atoms with Crippen molar-refractivity contribution in [1.29, 1.82) is 0 Å². The predicted octanol–water partition coefficient (Wildman–Crippen LogP) is 1.42. The van der Waals surface area contributed by atoms with Crippen molar-refractivity contribution >= 4 is 17.0 Å². The molecule has 1 aromatic rings. The fourth-order valence-corrected chi connectivity index (χ4v) is 1.49. The van der Waals surface area contributed by atoms with Crippen LogP contribution in [0.25, 0.3) is 0 Å². The van der Waals surface area contributed by atoms with Crippen LogP contribution in [-0.4, -0.2) is 27.9 Å². The van der Waals surface area contributed by atoms with Crippen LogP contribution in [-0.2, 0) is 20.6 Å². The first-order chi connectivity index (χ1) is 8.63. The molecule has 5 nitrogen and oxygen atoms in total. The minimum Gasteiger partial charge on any atom is -0.768 e. The molecule has 0 aliphatic rings. The third kappa shape index (κ3) is 5.11. The zero-order valence-corrected chi connectivity index (χ0v) is 10.6. The normalized spacial score (nSPS) is 12.3. The molecule has 1 rings (SSSR count). The van der Waals surface area contributed by atoms with Gasteiger partial charge in [0.1, 0.15) is 19.0 Å². The highest BCUT2D eigenvalue weighted by Crippen LogP contribution is 2.13. The van der Waals surface area contributed by atoms with Gasteiger partial charge in [-0.3, -0.25) is 4.21 Å². The van der Waals surface area contributed by atoms with Crippen molar-refractivity contribution in [3.05, 3.63) is 36.4 Å². The van der Waals surface area contributed by atoms with E-state index in [9.17, 15) is 13.6 Å². The lowest BCUT2D eigenvalue weighted by atomic mass is 10.3. The van der Waals surface area contributed by atoms with Gasteiger partial charge in [-0.05, 0) is 42.3 Å². The van der Waals surface area contributed by atoms with E-state index < -0.39 is 17.0 Å². The summed E-state index contributed by atoms with van der Waals surface area (Å²) in [4.78, 5) is 11.1. The maximum absolute atomic E-state index is 10.9. The molecule has 0 saturated heterocycles. The molecule has 98 valence electrons. The van der Waals surface area contributed by atoms with Crippen LogP contribution in [0.4, 0.5) is 0 Å². The first-order valence-corrected chi connectivity index (χ1v) is 6.32. The summed E-state index contributed by atoms with van der Waals surface area (Å²) in [5.74, 6) is 0.101. The molecule has 0 aliphatic heterocycles. The van der Waals surface area contributed by atoms with Crippen LogP contribution in [0.2, 0.25) is 0 Å². The van der Waals surface area contributed by atoms with Gasteiger partial charge in [0.25, 0.3) is 0 Å². The van der Waals surface area contributed by atoms with E-state index in [2.05, 4.69) is 0 Å². The van der Waals surface area contributed by atoms with Gasteiger partial charge >= 0.3 is 5.97 Å². The lowest BCUT2D eigenvalue weighted by Gasteiger charge is -2.08. The average molecular weight is 269 g/mol. The second-order valence-corrected chi connectivity index (χ2v) is 4.16. The van der Waals surface area contributed by atoms with Crippen molar-refractivity contribution in [2.45, 2.75) is 11.8 Å². The van der Waals surface area contributed by atoms with Crippen LogP contribution in [0.15, 0.2) is 41.3 Å². The van der Waals surface area contributed by atoms with Gasteiger partial charge in [-0.1, -0.05) is 6.08 Å². The number of esters is 1. The molecule has 0 fully saturated rings. The Balaban J connectivity index is 2.31. The Kier molecular flexibility index (Phi) is 6.10. The molecule has 0 spiro atoms. The first-order valence-electron chi connectivity index (χ1n) is 5.25. The number of rotatable bonds is 6.